The summed E-state index contributed by atoms with van der Waals surface area (Å²) in [6.07, 6.45) is 3.39. The predicted molar refractivity (Wildman–Crippen MR) is 182 cm³/mol. The molecule has 0 saturated carbocycles. The molecule has 244 valence electrons. The van der Waals surface area contributed by atoms with Crippen LogP contribution in [-0.4, -0.2) is 45.2 Å². The zero-order chi connectivity index (χ0) is 31.8. The minimum Gasteiger partial charge on any atom is -0.497 e. The number of hydrogen-bond donors (Lipinski definition) is 1. The molecule has 2 heterocycles. The van der Waals surface area contributed by atoms with Crippen molar-refractivity contribution in [1.82, 2.24) is 0 Å². The monoisotopic (exact) mass is 656 g/mol. The van der Waals surface area contributed by atoms with E-state index in [1.54, 1.807) is 14.2 Å². The fraction of sp³-hybridized carbons (Fsp3) is 0.457. The first kappa shape index (κ1) is 34.6. The van der Waals surface area contributed by atoms with Crippen LogP contribution < -0.4 is 18.7 Å². The Morgan fingerprint density at radius 1 is 0.889 bits per heavy atom. The number of nitrogens with zero attached hydrogens (tertiary/aromatic N) is 2. The molecule has 2 bridgehead atoms. The van der Waals surface area contributed by atoms with Gasteiger partial charge in [0.25, 0.3) is 5.91 Å². The fourth-order valence-corrected chi connectivity index (χ4v) is 8.23. The van der Waals surface area contributed by atoms with Gasteiger partial charge in [-0.05, 0) is 84.9 Å². The molecule has 3 aromatic rings. The largest absolute Gasteiger partial charge is 0.497 e. The molecule has 3 aromatic carbocycles. The molecule has 2 saturated heterocycles. The van der Waals surface area contributed by atoms with Crippen LogP contribution in [0.25, 0.3) is 0 Å². The molecule has 2 atom stereocenters. The lowest BCUT2D eigenvalue weighted by molar-refractivity contribution is -0.125. The van der Waals surface area contributed by atoms with Crippen LogP contribution in [0.5, 0.6) is 11.5 Å². The van der Waals surface area contributed by atoms with Gasteiger partial charge in [-0.3, -0.25) is 9.35 Å². The number of piperidine rings is 2. The molecule has 2 aliphatic rings. The molecule has 1 N–H and O–H groups in total. The number of carbonyl (C=O) groups is 1. The minimum absolute atomic E-state index is 0. The summed E-state index contributed by atoms with van der Waals surface area (Å²) in [5.74, 6) is 0.507. The maximum Gasteiger partial charge on any atom is 0.366 e. The Morgan fingerprint density at radius 3 is 2.00 bits per heavy atom. The number of rotatable bonds is 9. The number of ether oxygens (including phenoxy) is 2. The van der Waals surface area contributed by atoms with E-state index in [2.05, 4.69) is 4.90 Å². The summed E-state index contributed by atoms with van der Waals surface area (Å²) in [6.45, 7) is 7.85. The van der Waals surface area contributed by atoms with Crippen LogP contribution in [0.4, 0.5) is 11.4 Å². The first-order chi connectivity index (χ1) is 20.9. The molecule has 45 heavy (non-hydrogen) atoms. The predicted octanol–water partition coefficient (Wildman–Crippen LogP) is 7.67. The summed E-state index contributed by atoms with van der Waals surface area (Å²) in [4.78, 5) is 17.7. The summed E-state index contributed by atoms with van der Waals surface area (Å²) in [5.41, 5.74) is 2.03. The van der Waals surface area contributed by atoms with E-state index in [4.69, 9.17) is 9.47 Å². The molecule has 10 heteroatoms. The molecule has 0 aliphatic carbocycles. The zero-order valence-electron chi connectivity index (χ0n) is 26.9. The van der Waals surface area contributed by atoms with Crippen LogP contribution in [-0.2, 0) is 20.5 Å². The highest BCUT2D eigenvalue weighted by atomic mass is 35.5. The van der Waals surface area contributed by atoms with Crippen molar-refractivity contribution in [2.75, 3.05) is 23.4 Å². The first-order valence-corrected chi connectivity index (χ1v) is 16.8. The summed E-state index contributed by atoms with van der Waals surface area (Å²) < 4.78 is 49.9. The summed E-state index contributed by atoms with van der Waals surface area (Å²) >= 11 is 0. The Bertz CT molecular complexity index is 1590. The van der Waals surface area contributed by atoms with E-state index in [1.165, 1.54) is 0 Å². The van der Waals surface area contributed by atoms with Gasteiger partial charge in [0.1, 0.15) is 11.5 Å². The SMILES string of the molecule is COc1cccc(C2(C(=O)N(c3c(C(C)C)cccc3C(C)C)S(=O)(=O)O)CC3CCCC(C2)N3c2ccccc2OC)c1.Cl. The molecule has 5 rings (SSSR count). The lowest BCUT2D eigenvalue weighted by Gasteiger charge is -2.55. The number of carbonyl (C=O) groups excluding carboxylic acids is 1. The summed E-state index contributed by atoms with van der Waals surface area (Å²) in [5, 5.41) is 0. The van der Waals surface area contributed by atoms with Crippen molar-refractivity contribution in [3.05, 3.63) is 83.4 Å². The first-order valence-electron chi connectivity index (χ1n) is 15.4. The van der Waals surface area contributed by atoms with E-state index < -0.39 is 21.6 Å². The lowest BCUT2D eigenvalue weighted by Crippen LogP contribution is -2.62. The minimum atomic E-state index is -5.02. The third-order valence-electron chi connectivity index (χ3n) is 9.39. The Morgan fingerprint density at radius 2 is 1.47 bits per heavy atom. The van der Waals surface area contributed by atoms with Crippen LogP contribution in [0.15, 0.2) is 66.7 Å². The quantitative estimate of drug-likeness (QED) is 0.236. The maximum atomic E-state index is 15.3. The number of fused-ring (bicyclic) bond motifs is 2. The fourth-order valence-electron chi connectivity index (χ4n) is 7.41. The Kier molecular flexibility index (Phi) is 10.5. The van der Waals surface area contributed by atoms with E-state index in [1.807, 2.05) is 94.4 Å². The molecular weight excluding hydrogens is 612 g/mol. The van der Waals surface area contributed by atoms with Crippen molar-refractivity contribution in [2.24, 2.45) is 0 Å². The lowest BCUT2D eigenvalue weighted by atomic mass is 9.64. The zero-order valence-corrected chi connectivity index (χ0v) is 28.5. The molecule has 8 nitrogen and oxygen atoms in total. The molecule has 2 fully saturated rings. The van der Waals surface area contributed by atoms with Crippen molar-refractivity contribution in [1.29, 1.82) is 0 Å². The van der Waals surface area contributed by atoms with Crippen LogP contribution >= 0.6 is 12.4 Å². The van der Waals surface area contributed by atoms with Gasteiger partial charge in [-0.1, -0.05) is 70.2 Å². The molecule has 0 radical (unpaired) electrons. The van der Waals surface area contributed by atoms with Gasteiger partial charge in [0.2, 0.25) is 0 Å². The van der Waals surface area contributed by atoms with Crippen LogP contribution in [0.3, 0.4) is 0 Å². The number of benzene rings is 3. The van der Waals surface area contributed by atoms with E-state index in [9.17, 15) is 13.0 Å². The standard InChI is InChI=1S/C35H44N2O6S.ClH/c1-23(2)29-16-11-17-30(24(3)4)33(29)37(44(39,40)41)34(38)35(25-12-9-15-28(20-25)42-5)21-26-13-10-14-27(22-35)36(26)31-18-7-8-19-32(31)43-6;/h7-9,11-12,15-20,23-24,26-27H,10,13-14,21-22H2,1-6H3,(H,39,40,41);1H. The Hall–Kier alpha value is -3.27. The Labute approximate surface area is 274 Å². The average Bonchev–Trinajstić information content (AvgIpc) is 2.99. The van der Waals surface area contributed by atoms with Gasteiger partial charge in [-0.25, -0.2) is 0 Å². The van der Waals surface area contributed by atoms with Gasteiger partial charge >= 0.3 is 10.3 Å². The van der Waals surface area contributed by atoms with E-state index in [-0.39, 0.29) is 42.0 Å². The van der Waals surface area contributed by atoms with Gasteiger partial charge in [0, 0.05) is 12.1 Å². The van der Waals surface area contributed by atoms with Crippen LogP contribution in [0, 0.1) is 0 Å². The topological polar surface area (TPSA) is 96.4 Å². The smallest absolute Gasteiger partial charge is 0.366 e. The highest BCUT2D eigenvalue weighted by molar-refractivity contribution is 7.88. The number of amides is 1. The van der Waals surface area contributed by atoms with Gasteiger partial charge in [0.15, 0.2) is 0 Å². The van der Waals surface area contributed by atoms with Gasteiger partial charge < -0.3 is 14.4 Å². The molecule has 2 unspecified atom stereocenters. The Balaban J connectivity index is 0.00000461. The number of para-hydroxylation sites is 3. The third-order valence-corrected chi connectivity index (χ3v) is 10.2. The highest BCUT2D eigenvalue weighted by Gasteiger charge is 2.55. The van der Waals surface area contributed by atoms with E-state index >= 15 is 4.79 Å². The number of methoxy groups -OCH3 is 2. The highest BCUT2D eigenvalue weighted by Crippen LogP contribution is 2.51. The van der Waals surface area contributed by atoms with E-state index in [0.717, 1.165) is 30.7 Å². The molecule has 0 aromatic heterocycles. The van der Waals surface area contributed by atoms with Gasteiger partial charge in [0.05, 0.1) is 31.0 Å². The van der Waals surface area contributed by atoms with Gasteiger partial charge in [-0.15, -0.1) is 12.4 Å². The third kappa shape index (κ3) is 6.40. The van der Waals surface area contributed by atoms with Crippen LogP contribution in [0.1, 0.15) is 88.3 Å². The second-order valence-electron chi connectivity index (χ2n) is 12.7. The van der Waals surface area contributed by atoms with Crippen molar-refractivity contribution in [2.45, 2.75) is 89.1 Å². The number of halogens is 1. The van der Waals surface area contributed by atoms with Crippen LogP contribution in [0.2, 0.25) is 0 Å². The number of anilines is 2. The maximum absolute atomic E-state index is 15.3. The molecule has 2 aliphatic heterocycles. The second kappa shape index (κ2) is 13.6. The average molecular weight is 657 g/mol. The molecule has 1 amide bonds. The van der Waals surface area contributed by atoms with Gasteiger partial charge in [-0.2, -0.15) is 12.7 Å². The van der Waals surface area contributed by atoms with Crippen molar-refractivity contribution < 1.29 is 27.2 Å². The van der Waals surface area contributed by atoms with Crippen molar-refractivity contribution in [3.63, 3.8) is 0 Å². The number of hydrogen-bond acceptors (Lipinski definition) is 6. The molecule has 0 spiro atoms. The summed E-state index contributed by atoms with van der Waals surface area (Å²) in [6, 6.07) is 20.7. The van der Waals surface area contributed by atoms with E-state index in [0.29, 0.717) is 39.6 Å². The normalized spacial score (nSPS) is 21.3. The summed E-state index contributed by atoms with van der Waals surface area (Å²) in [7, 11) is -1.79. The second-order valence-corrected chi connectivity index (χ2v) is 13.9. The van der Waals surface area contributed by atoms with Crippen molar-refractivity contribution >= 4 is 40.0 Å². The molecular formula is C35H45ClN2O6S. The van der Waals surface area contributed by atoms with Crippen molar-refractivity contribution in [3.8, 4) is 11.5 Å².